The van der Waals surface area contributed by atoms with E-state index in [0.717, 1.165) is 37.8 Å². The lowest BCUT2D eigenvalue weighted by Gasteiger charge is -2.20. The Morgan fingerprint density at radius 1 is 0.609 bits per heavy atom. The van der Waals surface area contributed by atoms with Crippen molar-refractivity contribution >= 4 is 17.6 Å². The Kier molecular flexibility index (Phi) is 15.0. The topological polar surface area (TPSA) is 72.5 Å². The average Bonchev–Trinajstić information content (AvgIpc) is 3.09. The van der Waals surface area contributed by atoms with E-state index in [1.807, 2.05) is 30.3 Å². The highest BCUT2D eigenvalue weighted by Crippen LogP contribution is 2.27. The van der Waals surface area contributed by atoms with E-state index in [2.05, 4.69) is 83.9 Å². The number of hydrogen-bond donors (Lipinski definition) is 1. The van der Waals surface area contributed by atoms with Gasteiger partial charge >= 0.3 is 0 Å². The van der Waals surface area contributed by atoms with Gasteiger partial charge in [-0.1, -0.05) is 154 Å². The number of nitrogen functional groups attached to an aromatic ring is 1. The van der Waals surface area contributed by atoms with Crippen molar-refractivity contribution in [1.29, 1.82) is 0 Å². The molecule has 46 heavy (non-hydrogen) atoms. The molecule has 4 heteroatoms. The van der Waals surface area contributed by atoms with Gasteiger partial charge in [-0.3, -0.25) is 4.79 Å². The first kappa shape index (κ1) is 34.6. The van der Waals surface area contributed by atoms with Gasteiger partial charge in [0.1, 0.15) is 5.78 Å². The third kappa shape index (κ3) is 12.6. The maximum Gasteiger partial charge on any atom is 0.235 e. The molecule has 0 bridgehead atoms. The number of carbonyl (C=O) groups is 1. The van der Waals surface area contributed by atoms with Crippen LogP contribution in [0.25, 0.3) is 0 Å². The highest BCUT2D eigenvalue weighted by Gasteiger charge is 2.18. The number of para-hydroxylation sites is 1. The van der Waals surface area contributed by atoms with Crippen molar-refractivity contribution in [3.63, 3.8) is 0 Å². The van der Waals surface area contributed by atoms with Gasteiger partial charge < -0.3 is 5.73 Å². The highest BCUT2D eigenvalue weighted by molar-refractivity contribution is 5.81. The minimum Gasteiger partial charge on any atom is -0.398 e. The number of nitrogens with two attached hydrogens (primary N) is 1. The Bertz CT molecular complexity index is 1480. The summed E-state index contributed by atoms with van der Waals surface area (Å²) in [4.78, 5) is 25.9. The summed E-state index contributed by atoms with van der Waals surface area (Å²) in [5, 5.41) is 0. The predicted molar refractivity (Wildman–Crippen MR) is 191 cm³/mol. The second-order valence-corrected chi connectivity index (χ2v) is 12.7. The second-order valence-electron chi connectivity index (χ2n) is 12.7. The molecule has 0 heterocycles. The zero-order valence-corrected chi connectivity index (χ0v) is 27.3. The smallest absolute Gasteiger partial charge is 0.235 e. The standard InChI is InChI=1S/C22H26O.C13H13N.C7H11NO/c23-22(16-19-11-5-2-6-12-19)17-21-14-8-7-13-20(21)15-18-9-3-1-4-10-18;14-13-9-5-4-8-12(13)10-11-6-2-1-3-7-11;9-6-8-7-4-2-1-3-5-7/h1,3-4,7-10,13-14,19H,2,5-6,11-12,15-17H2;1-9H,10,14H2;7H,1-5H2. The van der Waals surface area contributed by atoms with Crippen LogP contribution >= 0.6 is 0 Å². The molecule has 0 atom stereocenters. The molecule has 0 spiro atoms. The van der Waals surface area contributed by atoms with Crippen LogP contribution in [0.15, 0.2) is 114 Å². The van der Waals surface area contributed by atoms with Crippen LogP contribution in [-0.2, 0) is 28.9 Å². The molecule has 0 saturated heterocycles. The van der Waals surface area contributed by atoms with Gasteiger partial charge in [0, 0.05) is 18.5 Å². The maximum atomic E-state index is 12.5. The Labute approximate surface area is 276 Å². The number of anilines is 1. The fourth-order valence-corrected chi connectivity index (χ4v) is 6.51. The molecule has 6 rings (SSSR count). The van der Waals surface area contributed by atoms with Crippen molar-refractivity contribution in [2.24, 2.45) is 10.9 Å². The molecule has 2 fully saturated rings. The number of nitrogens with zero attached hydrogens (tertiary/aromatic N) is 1. The van der Waals surface area contributed by atoms with E-state index in [1.165, 1.54) is 79.2 Å². The highest BCUT2D eigenvalue weighted by atomic mass is 16.1. The zero-order chi connectivity index (χ0) is 32.2. The van der Waals surface area contributed by atoms with E-state index in [4.69, 9.17) is 5.73 Å². The normalized spacial score (nSPS) is 14.9. The monoisotopic (exact) mass is 614 g/mol. The van der Waals surface area contributed by atoms with Crippen molar-refractivity contribution in [1.82, 2.24) is 0 Å². The van der Waals surface area contributed by atoms with Crippen LogP contribution in [0.2, 0.25) is 0 Å². The van der Waals surface area contributed by atoms with Gasteiger partial charge in [0.05, 0.1) is 6.04 Å². The first-order chi connectivity index (χ1) is 22.6. The first-order valence-electron chi connectivity index (χ1n) is 17.2. The van der Waals surface area contributed by atoms with Gasteiger partial charge in [0.2, 0.25) is 6.08 Å². The van der Waals surface area contributed by atoms with Crippen LogP contribution < -0.4 is 5.73 Å². The van der Waals surface area contributed by atoms with Gasteiger partial charge in [0.15, 0.2) is 0 Å². The molecule has 0 aromatic heterocycles. The van der Waals surface area contributed by atoms with Gasteiger partial charge in [-0.05, 0) is 65.5 Å². The van der Waals surface area contributed by atoms with Crippen molar-refractivity contribution in [3.05, 3.63) is 137 Å². The van der Waals surface area contributed by atoms with E-state index >= 15 is 0 Å². The number of aliphatic imine (C=N–C) groups is 1. The minimum absolute atomic E-state index is 0.302. The number of benzene rings is 4. The molecule has 240 valence electrons. The Hall–Kier alpha value is -4.27. The number of hydrogen-bond acceptors (Lipinski definition) is 4. The molecule has 2 saturated carbocycles. The molecule has 0 aliphatic heterocycles. The third-order valence-corrected chi connectivity index (χ3v) is 9.09. The zero-order valence-electron chi connectivity index (χ0n) is 27.3. The largest absolute Gasteiger partial charge is 0.398 e. The first-order valence-corrected chi connectivity index (χ1v) is 17.2. The average molecular weight is 615 g/mol. The summed E-state index contributed by atoms with van der Waals surface area (Å²) in [5.41, 5.74) is 13.0. The van der Waals surface area contributed by atoms with Crippen LogP contribution in [0.4, 0.5) is 5.69 Å². The lowest BCUT2D eigenvalue weighted by molar-refractivity contribution is -0.119. The maximum absolute atomic E-state index is 12.5. The number of rotatable bonds is 9. The predicted octanol–water partition coefficient (Wildman–Crippen LogP) is 9.87. The minimum atomic E-state index is 0.302. The van der Waals surface area contributed by atoms with Crippen LogP contribution in [0.5, 0.6) is 0 Å². The van der Waals surface area contributed by atoms with E-state index < -0.39 is 0 Å². The quantitative estimate of drug-likeness (QED) is 0.116. The lowest BCUT2D eigenvalue weighted by atomic mass is 9.84. The van der Waals surface area contributed by atoms with Crippen molar-refractivity contribution in [3.8, 4) is 0 Å². The molecule has 2 aliphatic carbocycles. The molecule has 0 radical (unpaired) electrons. The summed E-state index contributed by atoms with van der Waals surface area (Å²) < 4.78 is 0. The molecule has 4 aromatic carbocycles. The lowest BCUT2D eigenvalue weighted by Crippen LogP contribution is -2.14. The number of carbonyl (C=O) groups excluding carboxylic acids is 2. The summed E-state index contributed by atoms with van der Waals surface area (Å²) in [6, 6.07) is 37.6. The summed E-state index contributed by atoms with van der Waals surface area (Å²) in [7, 11) is 0. The Morgan fingerprint density at radius 3 is 1.65 bits per heavy atom. The molecule has 4 nitrogen and oxygen atoms in total. The second kappa shape index (κ2) is 20.0. The van der Waals surface area contributed by atoms with Crippen LogP contribution in [0.3, 0.4) is 0 Å². The molecule has 2 N–H and O–H groups in total. The fourth-order valence-electron chi connectivity index (χ4n) is 6.51. The SMILES string of the molecule is Nc1ccccc1Cc1ccccc1.O=C(Cc1ccccc1Cc1ccccc1)CC1CCCCC1.O=C=NC1CCCCC1. The van der Waals surface area contributed by atoms with Gasteiger partial charge in [-0.2, -0.15) is 0 Å². The van der Waals surface area contributed by atoms with E-state index in [0.29, 0.717) is 24.2 Å². The van der Waals surface area contributed by atoms with Crippen LogP contribution in [-0.4, -0.2) is 17.9 Å². The molecule has 2 aliphatic rings. The summed E-state index contributed by atoms with van der Waals surface area (Å²) in [5.74, 6) is 1.05. The third-order valence-electron chi connectivity index (χ3n) is 9.09. The van der Waals surface area contributed by atoms with E-state index in [1.54, 1.807) is 6.08 Å². The summed E-state index contributed by atoms with van der Waals surface area (Å²) >= 11 is 0. The van der Waals surface area contributed by atoms with Crippen molar-refractivity contribution < 1.29 is 9.59 Å². The Morgan fingerprint density at radius 2 is 1.09 bits per heavy atom. The Balaban J connectivity index is 0.000000176. The van der Waals surface area contributed by atoms with Crippen molar-refractivity contribution in [2.45, 2.75) is 95.9 Å². The molecular formula is C42H50N2O2. The molecule has 0 unspecified atom stereocenters. The fraction of sp³-hybridized carbons (Fsp3) is 0.381. The van der Waals surface area contributed by atoms with Crippen molar-refractivity contribution in [2.75, 3.05) is 5.73 Å². The number of isocyanates is 1. The van der Waals surface area contributed by atoms with E-state index in [9.17, 15) is 9.59 Å². The van der Waals surface area contributed by atoms with Gasteiger partial charge in [-0.15, -0.1) is 0 Å². The molecular weight excluding hydrogens is 564 g/mol. The molecule has 4 aromatic rings. The molecule has 0 amide bonds. The number of Topliss-reactive ketones (excluding diaryl/α,β-unsaturated/α-hetero) is 1. The van der Waals surface area contributed by atoms with Crippen LogP contribution in [0.1, 0.15) is 98.4 Å². The summed E-state index contributed by atoms with van der Waals surface area (Å²) in [6.45, 7) is 0. The number of ketones is 1. The van der Waals surface area contributed by atoms with Gasteiger partial charge in [-0.25, -0.2) is 9.79 Å². The van der Waals surface area contributed by atoms with Crippen LogP contribution in [0, 0.1) is 5.92 Å². The van der Waals surface area contributed by atoms with E-state index in [-0.39, 0.29) is 0 Å². The summed E-state index contributed by atoms with van der Waals surface area (Å²) in [6.07, 6.45) is 17.2. The van der Waals surface area contributed by atoms with Gasteiger partial charge in [0.25, 0.3) is 0 Å².